The van der Waals surface area contributed by atoms with Crippen LogP contribution in [0.5, 0.6) is 0 Å². The third-order valence-electron chi connectivity index (χ3n) is 2.86. The highest BCUT2D eigenvalue weighted by Crippen LogP contribution is 2.16. The number of rotatable bonds is 6. The molecule has 4 nitrogen and oxygen atoms in total. The highest BCUT2D eigenvalue weighted by atomic mass is 79.9. The standard InChI is InChI=1S/C11H21BrN4/c1-5-13-9(8(2)3)6-7-10-11(12)14-15-16(10)4/h8-9,13H,5-7H2,1-4H3. The average molecular weight is 289 g/mol. The molecule has 0 radical (unpaired) electrons. The van der Waals surface area contributed by atoms with Crippen LogP contribution in [0.4, 0.5) is 0 Å². The molecule has 92 valence electrons. The fourth-order valence-corrected chi connectivity index (χ4v) is 2.37. The lowest BCUT2D eigenvalue weighted by molar-refractivity contribution is 0.382. The van der Waals surface area contributed by atoms with Gasteiger partial charge in [0.25, 0.3) is 0 Å². The summed E-state index contributed by atoms with van der Waals surface area (Å²) in [5.41, 5.74) is 1.17. The van der Waals surface area contributed by atoms with Crippen molar-refractivity contribution >= 4 is 15.9 Å². The smallest absolute Gasteiger partial charge is 0.151 e. The molecule has 0 spiro atoms. The normalized spacial score (nSPS) is 13.4. The molecule has 1 N–H and O–H groups in total. The van der Waals surface area contributed by atoms with Crippen LogP contribution in [0, 0.1) is 5.92 Å². The summed E-state index contributed by atoms with van der Waals surface area (Å²) in [7, 11) is 1.94. The van der Waals surface area contributed by atoms with E-state index in [0.717, 1.165) is 24.0 Å². The third kappa shape index (κ3) is 3.56. The van der Waals surface area contributed by atoms with Gasteiger partial charge in [0.1, 0.15) is 0 Å². The molecule has 16 heavy (non-hydrogen) atoms. The summed E-state index contributed by atoms with van der Waals surface area (Å²) in [6.45, 7) is 7.68. The van der Waals surface area contributed by atoms with Crippen LogP contribution in [0.1, 0.15) is 32.9 Å². The Kier molecular flexibility index (Phi) is 5.41. The molecule has 1 rings (SSSR count). The third-order valence-corrected chi connectivity index (χ3v) is 3.47. The molecule has 0 aliphatic heterocycles. The Morgan fingerprint density at radius 1 is 1.44 bits per heavy atom. The Bertz CT molecular complexity index is 302. The molecular weight excluding hydrogens is 268 g/mol. The van der Waals surface area contributed by atoms with Gasteiger partial charge in [0.05, 0.1) is 5.69 Å². The van der Waals surface area contributed by atoms with Gasteiger partial charge in [-0.25, -0.2) is 0 Å². The van der Waals surface area contributed by atoms with Crippen LogP contribution in [-0.2, 0) is 13.5 Å². The Balaban J connectivity index is 2.55. The number of aryl methyl sites for hydroxylation is 1. The molecule has 0 fully saturated rings. The van der Waals surface area contributed by atoms with E-state index in [0.29, 0.717) is 12.0 Å². The summed E-state index contributed by atoms with van der Waals surface area (Å²) < 4.78 is 2.71. The van der Waals surface area contributed by atoms with E-state index in [1.54, 1.807) is 0 Å². The molecule has 5 heteroatoms. The minimum atomic E-state index is 0.562. The van der Waals surface area contributed by atoms with Crippen molar-refractivity contribution in [1.29, 1.82) is 0 Å². The summed E-state index contributed by atoms with van der Waals surface area (Å²) in [5.74, 6) is 0.653. The monoisotopic (exact) mass is 288 g/mol. The highest BCUT2D eigenvalue weighted by molar-refractivity contribution is 9.10. The van der Waals surface area contributed by atoms with E-state index >= 15 is 0 Å². The molecule has 0 amide bonds. The fourth-order valence-electron chi connectivity index (χ4n) is 1.84. The molecular formula is C11H21BrN4. The first-order valence-electron chi connectivity index (χ1n) is 5.83. The number of aromatic nitrogens is 3. The molecule has 1 heterocycles. The summed E-state index contributed by atoms with van der Waals surface area (Å²) in [4.78, 5) is 0. The molecule has 1 aromatic rings. The van der Waals surface area contributed by atoms with Gasteiger partial charge < -0.3 is 5.32 Å². The summed E-state index contributed by atoms with van der Waals surface area (Å²) in [6.07, 6.45) is 2.12. The topological polar surface area (TPSA) is 42.7 Å². The first kappa shape index (κ1) is 13.6. The Labute approximate surface area is 106 Å². The van der Waals surface area contributed by atoms with Gasteiger partial charge in [0.2, 0.25) is 0 Å². The van der Waals surface area contributed by atoms with Gasteiger partial charge in [-0.05, 0) is 41.2 Å². The minimum absolute atomic E-state index is 0.562. The number of nitrogens with zero attached hydrogens (tertiary/aromatic N) is 3. The summed E-state index contributed by atoms with van der Waals surface area (Å²) in [5, 5.41) is 11.5. The zero-order valence-corrected chi connectivity index (χ0v) is 12.1. The van der Waals surface area contributed by atoms with Crippen LogP contribution in [0.25, 0.3) is 0 Å². The largest absolute Gasteiger partial charge is 0.314 e. The molecule has 0 saturated carbocycles. The molecule has 1 atom stereocenters. The quantitative estimate of drug-likeness (QED) is 0.872. The zero-order valence-electron chi connectivity index (χ0n) is 10.5. The van der Waals surface area contributed by atoms with Crippen molar-refractivity contribution in [2.24, 2.45) is 13.0 Å². The maximum Gasteiger partial charge on any atom is 0.151 e. The van der Waals surface area contributed by atoms with Crippen LogP contribution < -0.4 is 5.32 Å². The predicted molar refractivity (Wildman–Crippen MR) is 69.3 cm³/mol. The van der Waals surface area contributed by atoms with Crippen LogP contribution in [0.3, 0.4) is 0 Å². The van der Waals surface area contributed by atoms with Crippen molar-refractivity contribution in [1.82, 2.24) is 20.3 Å². The molecule has 0 saturated heterocycles. The zero-order chi connectivity index (χ0) is 12.1. The molecule has 1 unspecified atom stereocenters. The molecule has 0 aromatic carbocycles. The van der Waals surface area contributed by atoms with E-state index in [9.17, 15) is 0 Å². The van der Waals surface area contributed by atoms with E-state index in [2.05, 4.69) is 52.3 Å². The maximum atomic E-state index is 3.99. The van der Waals surface area contributed by atoms with E-state index in [1.807, 2.05) is 11.7 Å². The maximum absolute atomic E-state index is 3.99. The summed E-state index contributed by atoms with van der Waals surface area (Å²) >= 11 is 3.43. The van der Waals surface area contributed by atoms with Crippen molar-refractivity contribution in [3.05, 3.63) is 10.3 Å². The van der Waals surface area contributed by atoms with E-state index in [1.165, 1.54) is 5.69 Å². The lowest BCUT2D eigenvalue weighted by Gasteiger charge is -2.21. The Morgan fingerprint density at radius 2 is 2.12 bits per heavy atom. The van der Waals surface area contributed by atoms with Crippen molar-refractivity contribution in [3.63, 3.8) is 0 Å². The van der Waals surface area contributed by atoms with Crippen LogP contribution in [0.15, 0.2) is 4.60 Å². The number of hydrogen-bond donors (Lipinski definition) is 1. The Morgan fingerprint density at radius 3 is 2.56 bits per heavy atom. The van der Waals surface area contributed by atoms with E-state index in [-0.39, 0.29) is 0 Å². The second kappa shape index (κ2) is 6.35. The molecule has 0 bridgehead atoms. The van der Waals surface area contributed by atoms with Crippen molar-refractivity contribution < 1.29 is 0 Å². The minimum Gasteiger partial charge on any atom is -0.314 e. The first-order valence-corrected chi connectivity index (χ1v) is 6.63. The van der Waals surface area contributed by atoms with Crippen LogP contribution in [0.2, 0.25) is 0 Å². The Hall–Kier alpha value is -0.420. The fraction of sp³-hybridized carbons (Fsp3) is 0.818. The van der Waals surface area contributed by atoms with E-state index in [4.69, 9.17) is 0 Å². The second-order valence-corrected chi connectivity index (χ2v) is 5.15. The van der Waals surface area contributed by atoms with Crippen molar-refractivity contribution in [2.75, 3.05) is 6.54 Å². The second-order valence-electron chi connectivity index (χ2n) is 4.40. The van der Waals surface area contributed by atoms with Gasteiger partial charge in [-0.2, -0.15) is 0 Å². The van der Waals surface area contributed by atoms with Gasteiger partial charge in [-0.3, -0.25) is 4.68 Å². The number of nitrogens with one attached hydrogen (secondary N) is 1. The number of halogens is 1. The lowest BCUT2D eigenvalue weighted by atomic mass is 9.98. The summed E-state index contributed by atoms with van der Waals surface area (Å²) in [6, 6.07) is 0.562. The first-order chi connectivity index (χ1) is 7.56. The SMILES string of the molecule is CCNC(CCc1c(Br)nnn1C)C(C)C. The lowest BCUT2D eigenvalue weighted by Crippen LogP contribution is -2.34. The van der Waals surface area contributed by atoms with Gasteiger partial charge in [-0.1, -0.05) is 26.0 Å². The van der Waals surface area contributed by atoms with Gasteiger partial charge in [-0.15, -0.1) is 5.10 Å². The van der Waals surface area contributed by atoms with Crippen LogP contribution >= 0.6 is 15.9 Å². The molecule has 0 aliphatic carbocycles. The van der Waals surface area contributed by atoms with Gasteiger partial charge in [0, 0.05) is 13.1 Å². The van der Waals surface area contributed by atoms with Gasteiger partial charge in [0.15, 0.2) is 4.60 Å². The highest BCUT2D eigenvalue weighted by Gasteiger charge is 2.14. The number of hydrogen-bond acceptors (Lipinski definition) is 3. The predicted octanol–water partition coefficient (Wildman–Crippen LogP) is 2.14. The van der Waals surface area contributed by atoms with Gasteiger partial charge >= 0.3 is 0 Å². The van der Waals surface area contributed by atoms with Crippen LogP contribution in [-0.4, -0.2) is 27.6 Å². The van der Waals surface area contributed by atoms with Crippen molar-refractivity contribution in [3.8, 4) is 0 Å². The molecule has 1 aromatic heterocycles. The van der Waals surface area contributed by atoms with E-state index < -0.39 is 0 Å². The molecule has 0 aliphatic rings. The average Bonchev–Trinajstić information content (AvgIpc) is 2.54. The van der Waals surface area contributed by atoms with Crippen molar-refractivity contribution in [2.45, 2.75) is 39.7 Å².